The summed E-state index contributed by atoms with van der Waals surface area (Å²) in [5.41, 5.74) is 3.93. The second-order valence-electron chi connectivity index (χ2n) is 6.38. The van der Waals surface area contributed by atoms with Crippen LogP contribution < -0.4 is 10.1 Å². The number of fused-ring (bicyclic) bond motifs is 2. The summed E-state index contributed by atoms with van der Waals surface area (Å²) < 4.78 is 8.03. The third kappa shape index (κ3) is 2.35. The molecule has 0 bridgehead atoms. The third-order valence-corrected chi connectivity index (χ3v) is 5.59. The molecule has 0 saturated heterocycles. The number of nitrogens with one attached hydrogen (secondary N) is 1. The van der Waals surface area contributed by atoms with Gasteiger partial charge in [0, 0.05) is 42.1 Å². The van der Waals surface area contributed by atoms with Gasteiger partial charge in [-0.15, -0.1) is 11.3 Å². The molecule has 118 valence electrons. The zero-order chi connectivity index (χ0) is 15.2. The summed E-state index contributed by atoms with van der Waals surface area (Å²) in [6, 6.07) is 8.72. The van der Waals surface area contributed by atoms with Crippen LogP contribution in [-0.4, -0.2) is 16.0 Å². The summed E-state index contributed by atoms with van der Waals surface area (Å²) in [7, 11) is 0. The molecule has 1 fully saturated rings. The zero-order valence-corrected chi connectivity index (χ0v) is 13.7. The maximum absolute atomic E-state index is 5.76. The van der Waals surface area contributed by atoms with Crippen LogP contribution in [-0.2, 0) is 6.54 Å². The highest BCUT2D eigenvalue weighted by Gasteiger charge is 2.30. The summed E-state index contributed by atoms with van der Waals surface area (Å²) >= 11 is 1.72. The molecule has 3 aromatic rings. The number of hydrogen-bond acceptors (Lipinski definition) is 4. The summed E-state index contributed by atoms with van der Waals surface area (Å²) in [6.45, 7) is 1.65. The molecule has 1 atom stereocenters. The van der Waals surface area contributed by atoms with Crippen LogP contribution in [0.1, 0.15) is 48.2 Å². The Morgan fingerprint density at radius 2 is 2.17 bits per heavy atom. The number of thiazole rings is 1. The largest absolute Gasteiger partial charge is 0.493 e. The summed E-state index contributed by atoms with van der Waals surface area (Å²) in [6.07, 6.45) is 5.74. The number of hydrogen-bond donors (Lipinski definition) is 1. The van der Waals surface area contributed by atoms with Gasteiger partial charge in [-0.05, 0) is 18.9 Å². The van der Waals surface area contributed by atoms with Crippen molar-refractivity contribution in [1.29, 1.82) is 0 Å². The van der Waals surface area contributed by atoms with Crippen molar-refractivity contribution in [3.8, 4) is 5.75 Å². The Hall–Kier alpha value is -1.85. The molecular weight excluding hydrogens is 306 g/mol. The summed E-state index contributed by atoms with van der Waals surface area (Å²) in [5, 5.41) is 5.87. The van der Waals surface area contributed by atoms with Crippen molar-refractivity contribution in [1.82, 2.24) is 14.7 Å². The van der Waals surface area contributed by atoms with E-state index in [-0.39, 0.29) is 0 Å². The average Bonchev–Trinajstić information content (AvgIpc) is 3.23. The first-order chi connectivity index (χ1) is 11.4. The van der Waals surface area contributed by atoms with E-state index in [0.29, 0.717) is 12.0 Å². The molecule has 4 nitrogen and oxygen atoms in total. The lowest BCUT2D eigenvalue weighted by Gasteiger charge is -2.26. The zero-order valence-electron chi connectivity index (χ0n) is 12.9. The molecule has 0 radical (unpaired) electrons. The lowest BCUT2D eigenvalue weighted by Crippen LogP contribution is -2.27. The number of ether oxygens (including phenoxy) is 1. The van der Waals surface area contributed by atoms with Gasteiger partial charge in [0.2, 0.25) is 0 Å². The first kappa shape index (κ1) is 13.6. The highest BCUT2D eigenvalue weighted by atomic mass is 32.1. The molecule has 0 amide bonds. The van der Waals surface area contributed by atoms with Crippen LogP contribution in [0.15, 0.2) is 35.8 Å². The Morgan fingerprint density at radius 1 is 1.26 bits per heavy atom. The third-order valence-electron chi connectivity index (χ3n) is 4.83. The van der Waals surface area contributed by atoms with Crippen molar-refractivity contribution in [2.24, 2.45) is 0 Å². The minimum Gasteiger partial charge on any atom is -0.493 e. The predicted molar refractivity (Wildman–Crippen MR) is 91.2 cm³/mol. The molecule has 1 aromatic carbocycles. The lowest BCUT2D eigenvalue weighted by molar-refractivity contribution is 0.252. The molecular formula is C18H19N3OS. The SMILES string of the molecule is c1ccc2c(c1)OCCC2NCc1c(C2CC2)nc2sccn12. The van der Waals surface area contributed by atoms with Crippen molar-refractivity contribution < 1.29 is 4.74 Å². The van der Waals surface area contributed by atoms with E-state index in [4.69, 9.17) is 9.72 Å². The Balaban J connectivity index is 1.43. The van der Waals surface area contributed by atoms with Gasteiger partial charge in [0.1, 0.15) is 5.75 Å². The number of nitrogens with zero attached hydrogens (tertiary/aromatic N) is 2. The first-order valence-corrected chi connectivity index (χ1v) is 9.17. The van der Waals surface area contributed by atoms with Gasteiger partial charge >= 0.3 is 0 Å². The average molecular weight is 325 g/mol. The molecule has 1 aliphatic heterocycles. The van der Waals surface area contributed by atoms with Crippen molar-refractivity contribution in [2.45, 2.75) is 37.8 Å². The van der Waals surface area contributed by atoms with Gasteiger partial charge in [-0.1, -0.05) is 18.2 Å². The van der Waals surface area contributed by atoms with Gasteiger partial charge < -0.3 is 10.1 Å². The summed E-state index contributed by atoms with van der Waals surface area (Å²) in [4.78, 5) is 5.98. The number of aromatic nitrogens is 2. The quantitative estimate of drug-likeness (QED) is 0.791. The van der Waals surface area contributed by atoms with Crippen LogP contribution in [0.3, 0.4) is 0 Å². The molecule has 1 saturated carbocycles. The van der Waals surface area contributed by atoms with E-state index >= 15 is 0 Å². The van der Waals surface area contributed by atoms with Crippen LogP contribution in [0.4, 0.5) is 0 Å². The van der Waals surface area contributed by atoms with E-state index in [1.165, 1.54) is 29.8 Å². The molecule has 2 aliphatic rings. The lowest BCUT2D eigenvalue weighted by atomic mass is 10.0. The van der Waals surface area contributed by atoms with Crippen molar-refractivity contribution in [3.05, 3.63) is 52.8 Å². The standard InChI is InChI=1S/C18H19N3OS/c1-2-4-16-13(3-1)14(7-9-22-16)19-11-15-17(12-5-6-12)20-18-21(15)8-10-23-18/h1-4,8,10,12,14,19H,5-7,9,11H2. The van der Waals surface area contributed by atoms with E-state index in [1.54, 1.807) is 11.3 Å². The normalized spacial score (nSPS) is 20.4. The van der Waals surface area contributed by atoms with Gasteiger partial charge in [0.25, 0.3) is 0 Å². The number of imidazole rings is 1. The molecule has 0 spiro atoms. The van der Waals surface area contributed by atoms with E-state index in [9.17, 15) is 0 Å². The van der Waals surface area contributed by atoms with Crippen LogP contribution >= 0.6 is 11.3 Å². The molecule has 5 heteroatoms. The maximum atomic E-state index is 5.76. The van der Waals surface area contributed by atoms with Crippen LogP contribution in [0.25, 0.3) is 4.96 Å². The van der Waals surface area contributed by atoms with E-state index in [1.807, 2.05) is 6.07 Å². The molecule has 1 unspecified atom stereocenters. The summed E-state index contributed by atoms with van der Waals surface area (Å²) in [5.74, 6) is 1.70. The highest BCUT2D eigenvalue weighted by Crippen LogP contribution is 2.42. The Kier molecular flexibility index (Phi) is 3.16. The molecule has 5 rings (SSSR count). The fraction of sp³-hybridized carbons (Fsp3) is 0.389. The van der Waals surface area contributed by atoms with Crippen molar-refractivity contribution in [3.63, 3.8) is 0 Å². The molecule has 3 heterocycles. The topological polar surface area (TPSA) is 38.6 Å². The molecule has 1 N–H and O–H groups in total. The van der Waals surface area contributed by atoms with Gasteiger partial charge in [0.15, 0.2) is 4.96 Å². The second kappa shape index (κ2) is 5.35. The van der Waals surface area contributed by atoms with Crippen molar-refractivity contribution in [2.75, 3.05) is 6.61 Å². The second-order valence-corrected chi connectivity index (χ2v) is 7.26. The Bertz CT molecular complexity index is 849. The van der Waals surface area contributed by atoms with E-state index < -0.39 is 0 Å². The van der Waals surface area contributed by atoms with Gasteiger partial charge in [-0.25, -0.2) is 4.98 Å². The fourth-order valence-corrected chi connectivity index (χ4v) is 4.22. The van der Waals surface area contributed by atoms with Crippen LogP contribution in [0, 0.1) is 0 Å². The number of rotatable bonds is 4. The van der Waals surface area contributed by atoms with Gasteiger partial charge in [0.05, 0.1) is 18.0 Å². The fourth-order valence-electron chi connectivity index (χ4n) is 3.48. The Morgan fingerprint density at radius 3 is 3.09 bits per heavy atom. The van der Waals surface area contributed by atoms with E-state index in [2.05, 4.69) is 39.5 Å². The van der Waals surface area contributed by atoms with Crippen LogP contribution in [0.2, 0.25) is 0 Å². The Labute approximate surface area is 139 Å². The van der Waals surface area contributed by atoms with Gasteiger partial charge in [-0.2, -0.15) is 0 Å². The highest BCUT2D eigenvalue weighted by molar-refractivity contribution is 7.15. The smallest absolute Gasteiger partial charge is 0.194 e. The molecule has 23 heavy (non-hydrogen) atoms. The number of benzene rings is 1. The minimum atomic E-state index is 0.358. The van der Waals surface area contributed by atoms with E-state index in [0.717, 1.165) is 30.3 Å². The monoisotopic (exact) mass is 325 g/mol. The molecule has 2 aromatic heterocycles. The van der Waals surface area contributed by atoms with Crippen molar-refractivity contribution >= 4 is 16.3 Å². The number of para-hydroxylation sites is 1. The first-order valence-electron chi connectivity index (χ1n) is 8.29. The minimum absolute atomic E-state index is 0.358. The molecule has 1 aliphatic carbocycles. The van der Waals surface area contributed by atoms with Crippen LogP contribution in [0.5, 0.6) is 5.75 Å². The maximum Gasteiger partial charge on any atom is 0.194 e. The van der Waals surface area contributed by atoms with Gasteiger partial charge in [-0.3, -0.25) is 4.40 Å². The predicted octanol–water partition coefficient (Wildman–Crippen LogP) is 3.89.